The Bertz CT molecular complexity index is 1750. The molecule has 2 fully saturated rings. The third-order valence-electron chi connectivity index (χ3n) is 10.2. The maximum Gasteiger partial charge on any atom is 0.435 e. The minimum absolute atomic E-state index is 0.0121. The molecule has 1 aliphatic carbocycles. The van der Waals surface area contributed by atoms with Crippen LogP contribution in [0.25, 0.3) is 0 Å². The molecule has 4 unspecified atom stereocenters. The molecule has 2 heterocycles. The van der Waals surface area contributed by atoms with Crippen molar-refractivity contribution in [2.45, 2.75) is 90.8 Å². The maximum absolute atomic E-state index is 15.1. The Morgan fingerprint density at radius 2 is 1.61 bits per heavy atom. The van der Waals surface area contributed by atoms with Crippen LogP contribution < -0.4 is 0 Å². The third-order valence-corrected chi connectivity index (χ3v) is 15.7. The highest BCUT2D eigenvalue weighted by molar-refractivity contribution is 7.93. The van der Waals surface area contributed by atoms with Crippen molar-refractivity contribution < 1.29 is 52.4 Å². The molecular formula is C30H31ClF7NO5S2. The van der Waals surface area contributed by atoms with Gasteiger partial charge in [0.1, 0.15) is 4.75 Å². The molecule has 2 aromatic carbocycles. The molecule has 2 saturated heterocycles. The number of rotatable bonds is 5. The predicted molar refractivity (Wildman–Crippen MR) is 155 cm³/mol. The summed E-state index contributed by atoms with van der Waals surface area (Å²) in [4.78, 5) is 15.2. The smallest absolute Gasteiger partial charge is 0.337 e. The van der Waals surface area contributed by atoms with Crippen molar-refractivity contribution in [2.24, 2.45) is 5.92 Å². The van der Waals surface area contributed by atoms with E-state index in [2.05, 4.69) is 0 Å². The van der Waals surface area contributed by atoms with Crippen LogP contribution in [0.15, 0.2) is 47.4 Å². The number of amides is 1. The summed E-state index contributed by atoms with van der Waals surface area (Å²) < 4.78 is 148. The molecule has 46 heavy (non-hydrogen) atoms. The molecule has 3 aliphatic rings. The normalized spacial score (nSPS) is 28.4. The van der Waals surface area contributed by atoms with E-state index in [-0.39, 0.29) is 71.9 Å². The highest BCUT2D eigenvalue weighted by atomic mass is 35.5. The van der Waals surface area contributed by atoms with E-state index in [1.807, 2.05) is 0 Å². The van der Waals surface area contributed by atoms with Crippen LogP contribution in [-0.2, 0) is 41.3 Å². The number of benzene rings is 2. The third kappa shape index (κ3) is 4.96. The lowest BCUT2D eigenvalue weighted by Gasteiger charge is -2.44. The average Bonchev–Trinajstić information content (AvgIpc) is 3.38. The highest BCUT2D eigenvalue weighted by Crippen LogP contribution is 2.57. The highest BCUT2D eigenvalue weighted by Gasteiger charge is 2.74. The minimum atomic E-state index is -6.36. The van der Waals surface area contributed by atoms with E-state index in [1.165, 1.54) is 29.2 Å². The number of carbonyl (C=O) groups excluding carboxylic acids is 1. The second kappa shape index (κ2) is 11.1. The van der Waals surface area contributed by atoms with Crippen LogP contribution in [0.4, 0.5) is 30.7 Å². The molecule has 4 atom stereocenters. The Balaban J connectivity index is 1.65. The summed E-state index contributed by atoms with van der Waals surface area (Å²) in [5.74, 6) is -1.46. The molecule has 0 aromatic heterocycles. The quantitative estimate of drug-likeness (QED) is 0.316. The van der Waals surface area contributed by atoms with Crippen LogP contribution in [0.3, 0.4) is 0 Å². The number of likely N-dealkylation sites (tertiary alicyclic amines) is 1. The van der Waals surface area contributed by atoms with Gasteiger partial charge in [-0.05, 0) is 80.8 Å². The van der Waals surface area contributed by atoms with Gasteiger partial charge in [0.05, 0.1) is 21.4 Å². The van der Waals surface area contributed by atoms with Crippen LogP contribution >= 0.6 is 11.6 Å². The minimum Gasteiger partial charge on any atom is -0.337 e. The molecule has 16 heteroatoms. The van der Waals surface area contributed by atoms with Crippen LogP contribution in [0, 0.1) is 5.92 Å². The van der Waals surface area contributed by atoms with Crippen molar-refractivity contribution >= 4 is 37.2 Å². The molecule has 2 aromatic rings. The number of carbonyl (C=O) groups is 1. The van der Waals surface area contributed by atoms with E-state index in [9.17, 15) is 48.0 Å². The van der Waals surface area contributed by atoms with Crippen molar-refractivity contribution in [3.05, 3.63) is 64.2 Å². The van der Waals surface area contributed by atoms with Gasteiger partial charge in [-0.25, -0.2) is 21.2 Å². The molecule has 0 radical (unpaired) electrons. The molecule has 6 nitrogen and oxygen atoms in total. The van der Waals surface area contributed by atoms with Crippen molar-refractivity contribution in [2.75, 3.05) is 12.3 Å². The van der Waals surface area contributed by atoms with Crippen LogP contribution in [0.1, 0.15) is 62.6 Å². The number of fused-ring (bicyclic) bond motifs is 3. The largest absolute Gasteiger partial charge is 0.435 e. The van der Waals surface area contributed by atoms with Crippen molar-refractivity contribution in [1.82, 2.24) is 4.90 Å². The van der Waals surface area contributed by atoms with Gasteiger partial charge in [0, 0.05) is 23.0 Å². The lowest BCUT2D eigenvalue weighted by atomic mass is 9.76. The zero-order valence-corrected chi connectivity index (χ0v) is 27.1. The lowest BCUT2D eigenvalue weighted by molar-refractivity contribution is -0.348. The molecular weight excluding hydrogens is 687 g/mol. The van der Waals surface area contributed by atoms with Crippen LogP contribution in [0.2, 0.25) is 5.02 Å². The second-order valence-electron chi connectivity index (χ2n) is 12.5. The predicted octanol–water partition coefficient (Wildman–Crippen LogP) is 6.84. The summed E-state index contributed by atoms with van der Waals surface area (Å²) in [5.41, 5.74) is -7.76. The summed E-state index contributed by atoms with van der Waals surface area (Å²) in [7, 11) is -8.03. The number of halogens is 8. The zero-order chi connectivity index (χ0) is 34.3. The SMILES string of the molecule is CCC1(C)CC(C(=O)N2CCC3(S(=O)(=O)c4ccc(Cl)cc4)c4ccc(C(F)(C(F)(F)F)C(F)(F)F)cc4CCC23)CCS1(=O)=O. The van der Waals surface area contributed by atoms with Crippen molar-refractivity contribution in [3.8, 4) is 0 Å². The Labute approximate surface area is 267 Å². The fourth-order valence-corrected chi connectivity index (χ4v) is 11.9. The molecule has 0 N–H and O–H groups in total. The number of sulfone groups is 2. The monoisotopic (exact) mass is 717 g/mol. The summed E-state index contributed by atoms with van der Waals surface area (Å²) >= 11 is 5.97. The van der Waals surface area contributed by atoms with Gasteiger partial charge in [-0.2, -0.15) is 26.3 Å². The molecule has 0 bridgehead atoms. The van der Waals surface area contributed by atoms with Crippen LogP contribution in [-0.4, -0.2) is 63.1 Å². The topological polar surface area (TPSA) is 88.6 Å². The molecule has 2 aliphatic heterocycles. The zero-order valence-electron chi connectivity index (χ0n) is 24.7. The van der Waals surface area contributed by atoms with Gasteiger partial charge in [-0.3, -0.25) is 4.79 Å². The summed E-state index contributed by atoms with van der Waals surface area (Å²) in [6.45, 7) is 3.13. The van der Waals surface area contributed by atoms with E-state index in [0.29, 0.717) is 12.1 Å². The average molecular weight is 718 g/mol. The number of hydrogen-bond donors (Lipinski definition) is 0. The summed E-state index contributed by atoms with van der Waals surface area (Å²) in [5, 5.41) is 0.203. The van der Waals surface area contributed by atoms with E-state index in [0.717, 1.165) is 6.07 Å². The van der Waals surface area contributed by atoms with Crippen molar-refractivity contribution in [3.63, 3.8) is 0 Å². The van der Waals surface area contributed by atoms with Gasteiger partial charge in [-0.1, -0.05) is 36.7 Å². The standard InChI is InChI=1S/C30H31ClF7NO5S2/c1-3-26(2)17-19(12-15-45(26,41)42)25(40)39-14-13-27(46(43,44)22-8-6-21(31)7-9-22)23-10-5-20(16-18(23)4-11-24(27)39)28(32,29(33,34)35)30(36,37)38/h5-10,16,19,24H,3-4,11-15,17H2,1-2H3. The number of aryl methyl sites for hydroxylation is 1. The Hall–Kier alpha value is -2.39. The summed E-state index contributed by atoms with van der Waals surface area (Å²) in [6.07, 6.45) is -13.1. The molecule has 1 amide bonds. The molecule has 0 saturated carbocycles. The van der Waals surface area contributed by atoms with E-state index in [4.69, 9.17) is 11.6 Å². The Morgan fingerprint density at radius 3 is 2.17 bits per heavy atom. The van der Waals surface area contributed by atoms with Gasteiger partial charge < -0.3 is 4.90 Å². The van der Waals surface area contributed by atoms with Gasteiger partial charge in [-0.15, -0.1) is 0 Å². The number of nitrogens with zero attached hydrogens (tertiary/aromatic N) is 1. The van der Waals surface area contributed by atoms with E-state index in [1.54, 1.807) is 13.8 Å². The van der Waals surface area contributed by atoms with Crippen molar-refractivity contribution in [1.29, 1.82) is 0 Å². The van der Waals surface area contributed by atoms with Gasteiger partial charge in [0.25, 0.3) is 0 Å². The Morgan fingerprint density at radius 1 is 1.00 bits per heavy atom. The molecule has 0 spiro atoms. The maximum atomic E-state index is 15.1. The van der Waals surface area contributed by atoms with Gasteiger partial charge in [0.15, 0.2) is 19.7 Å². The van der Waals surface area contributed by atoms with Gasteiger partial charge in [0.2, 0.25) is 5.91 Å². The fraction of sp³-hybridized carbons (Fsp3) is 0.567. The number of alkyl halides is 7. The lowest BCUT2D eigenvalue weighted by Crippen LogP contribution is -2.55. The first-order valence-electron chi connectivity index (χ1n) is 14.6. The molecule has 254 valence electrons. The molecule has 5 rings (SSSR count). The van der Waals surface area contributed by atoms with Crippen LogP contribution in [0.5, 0.6) is 0 Å². The first-order valence-corrected chi connectivity index (χ1v) is 18.1. The first-order chi connectivity index (χ1) is 21.1. The second-order valence-corrected chi connectivity index (χ2v) is 17.8. The van der Waals surface area contributed by atoms with Gasteiger partial charge >= 0.3 is 18.0 Å². The number of hydrogen-bond acceptors (Lipinski definition) is 5. The van der Waals surface area contributed by atoms with E-state index >= 15 is 4.39 Å². The first kappa shape index (κ1) is 34.9. The Kier molecular flexibility index (Phi) is 8.41. The fourth-order valence-electron chi connectivity index (χ4n) is 7.42. The van der Waals surface area contributed by atoms with E-state index < -0.39 is 70.6 Å². The summed E-state index contributed by atoms with van der Waals surface area (Å²) in [6, 6.07) is 5.49.